The predicted molar refractivity (Wildman–Crippen MR) is 94.5 cm³/mol. The molecule has 1 aromatic carbocycles. The van der Waals surface area contributed by atoms with E-state index in [4.69, 9.17) is 16.3 Å². The molecule has 2 aromatic rings. The van der Waals surface area contributed by atoms with Crippen LogP contribution in [0, 0.1) is 18.8 Å². The minimum atomic E-state index is -4.29. The first-order chi connectivity index (χ1) is 12.3. The van der Waals surface area contributed by atoms with Gasteiger partial charge in [-0.2, -0.15) is 15.0 Å². The number of benzene rings is 1. The van der Waals surface area contributed by atoms with Crippen LogP contribution in [0.2, 0.25) is 5.02 Å². The first-order valence-corrected chi connectivity index (χ1v) is 8.94. The van der Waals surface area contributed by atoms with Crippen LogP contribution in [0.1, 0.15) is 18.3 Å². The lowest BCUT2D eigenvalue weighted by atomic mass is 10.2. The second-order valence-corrected chi connectivity index (χ2v) is 6.77. The third-order valence-corrected chi connectivity index (χ3v) is 4.72. The minimum absolute atomic E-state index is 0.0257. The van der Waals surface area contributed by atoms with Gasteiger partial charge in [0.1, 0.15) is 10.7 Å². The number of anilines is 1. The first-order valence-electron chi connectivity index (χ1n) is 7.08. The van der Waals surface area contributed by atoms with Gasteiger partial charge in [-0.15, -0.1) is 5.92 Å². The van der Waals surface area contributed by atoms with Crippen LogP contribution in [0.15, 0.2) is 23.1 Å². The quantitative estimate of drug-likeness (QED) is 0.755. The number of carbonyl (C=O) groups is 1. The first kappa shape index (κ1) is 19.4. The Morgan fingerprint density at radius 1 is 1.27 bits per heavy atom. The third kappa shape index (κ3) is 4.59. The normalized spacial score (nSPS) is 10.5. The van der Waals surface area contributed by atoms with E-state index in [1.165, 1.54) is 19.2 Å². The van der Waals surface area contributed by atoms with Gasteiger partial charge in [0, 0.05) is 5.56 Å². The van der Waals surface area contributed by atoms with E-state index in [1.807, 2.05) is 4.72 Å². The number of urea groups is 1. The van der Waals surface area contributed by atoms with Crippen LogP contribution in [-0.2, 0) is 10.0 Å². The average molecular weight is 396 g/mol. The fraction of sp³-hybridized carbons (Fsp3) is 0.200. The van der Waals surface area contributed by atoms with Gasteiger partial charge in [-0.05, 0) is 26.0 Å². The van der Waals surface area contributed by atoms with Gasteiger partial charge in [-0.3, -0.25) is 5.32 Å². The number of nitrogens with one attached hydrogen (secondary N) is 2. The lowest BCUT2D eigenvalue weighted by Gasteiger charge is -2.11. The summed E-state index contributed by atoms with van der Waals surface area (Å²) >= 11 is 5.99. The lowest BCUT2D eigenvalue weighted by Crippen LogP contribution is -2.35. The number of aryl methyl sites for hydroxylation is 1. The lowest BCUT2D eigenvalue weighted by molar-refractivity contribution is 0.256. The summed E-state index contributed by atoms with van der Waals surface area (Å²) in [6.07, 6.45) is 0. The van der Waals surface area contributed by atoms with Crippen LogP contribution in [0.25, 0.3) is 0 Å². The van der Waals surface area contributed by atoms with Crippen LogP contribution in [0.5, 0.6) is 6.01 Å². The second-order valence-electron chi connectivity index (χ2n) is 4.74. The number of sulfonamides is 1. The Kier molecular flexibility index (Phi) is 5.97. The molecule has 136 valence electrons. The Morgan fingerprint density at radius 2 is 2.00 bits per heavy atom. The van der Waals surface area contributed by atoms with Crippen molar-refractivity contribution in [2.75, 3.05) is 12.4 Å². The number of aromatic nitrogens is 3. The molecule has 0 unspecified atom stereocenters. The Bertz CT molecular complexity index is 1010. The van der Waals surface area contributed by atoms with E-state index < -0.39 is 16.1 Å². The number of halogens is 1. The number of carbonyl (C=O) groups excluding carboxylic acids is 1. The number of amides is 2. The summed E-state index contributed by atoms with van der Waals surface area (Å²) in [4.78, 5) is 23.3. The van der Waals surface area contributed by atoms with Crippen LogP contribution in [0.4, 0.5) is 10.7 Å². The summed E-state index contributed by atoms with van der Waals surface area (Å²) in [7, 11) is -2.94. The van der Waals surface area contributed by atoms with Crippen molar-refractivity contribution in [2.45, 2.75) is 18.7 Å². The number of rotatable bonds is 4. The zero-order valence-electron chi connectivity index (χ0n) is 14.0. The van der Waals surface area contributed by atoms with Gasteiger partial charge < -0.3 is 4.74 Å². The largest absolute Gasteiger partial charge is 0.467 e. The number of methoxy groups -OCH3 is 1. The molecular weight excluding hydrogens is 382 g/mol. The van der Waals surface area contributed by atoms with Crippen LogP contribution in [-0.4, -0.2) is 36.5 Å². The van der Waals surface area contributed by atoms with Crippen molar-refractivity contribution in [1.82, 2.24) is 19.7 Å². The fourth-order valence-corrected chi connectivity index (χ4v) is 3.53. The zero-order chi connectivity index (χ0) is 19.3. The van der Waals surface area contributed by atoms with Crippen molar-refractivity contribution in [3.05, 3.63) is 34.6 Å². The Morgan fingerprint density at radius 3 is 2.65 bits per heavy atom. The fourth-order valence-electron chi connectivity index (χ4n) is 1.92. The van der Waals surface area contributed by atoms with E-state index in [2.05, 4.69) is 32.1 Å². The highest BCUT2D eigenvalue weighted by Gasteiger charge is 2.24. The molecule has 2 amide bonds. The molecule has 0 aliphatic rings. The maximum atomic E-state index is 12.5. The van der Waals surface area contributed by atoms with Gasteiger partial charge in [-0.1, -0.05) is 23.6 Å². The molecule has 1 aromatic heterocycles. The maximum absolute atomic E-state index is 12.5. The predicted octanol–water partition coefficient (Wildman–Crippen LogP) is 1.72. The standard InChI is InChI=1S/C15H14ClN5O4S/c1-4-6-10-7-5-8-11(16)12(10)26(23,24)21-14(22)19-13-17-9(2)18-15(20-13)25-3/h5,7-8H,1-3H3,(H2,17,18,19,20,21,22). The molecule has 0 saturated heterocycles. The molecule has 0 spiro atoms. The summed E-state index contributed by atoms with van der Waals surface area (Å²) in [6, 6.07) is 3.32. The topological polar surface area (TPSA) is 123 Å². The number of ether oxygens (including phenoxy) is 1. The van der Waals surface area contributed by atoms with E-state index in [0.29, 0.717) is 0 Å². The molecule has 2 rings (SSSR count). The summed E-state index contributed by atoms with van der Waals surface area (Å²) in [5.41, 5.74) is 0.165. The van der Waals surface area contributed by atoms with E-state index in [-0.39, 0.29) is 33.3 Å². The van der Waals surface area contributed by atoms with Crippen molar-refractivity contribution < 1.29 is 17.9 Å². The van der Waals surface area contributed by atoms with E-state index in [9.17, 15) is 13.2 Å². The van der Waals surface area contributed by atoms with Crippen molar-refractivity contribution in [2.24, 2.45) is 0 Å². The van der Waals surface area contributed by atoms with Crippen LogP contribution >= 0.6 is 11.6 Å². The van der Waals surface area contributed by atoms with Gasteiger partial charge >= 0.3 is 12.0 Å². The summed E-state index contributed by atoms with van der Waals surface area (Å²) in [6.45, 7) is 3.11. The molecule has 0 saturated carbocycles. The van der Waals surface area contributed by atoms with Gasteiger partial charge in [0.15, 0.2) is 0 Å². The highest BCUT2D eigenvalue weighted by molar-refractivity contribution is 7.90. The van der Waals surface area contributed by atoms with E-state index >= 15 is 0 Å². The van der Waals surface area contributed by atoms with Crippen molar-refractivity contribution >= 4 is 33.6 Å². The Hall–Kier alpha value is -2.90. The molecule has 9 nitrogen and oxygen atoms in total. The highest BCUT2D eigenvalue weighted by Crippen LogP contribution is 2.24. The molecule has 0 fully saturated rings. The molecule has 1 heterocycles. The van der Waals surface area contributed by atoms with Gasteiger partial charge in [0.25, 0.3) is 10.0 Å². The average Bonchev–Trinajstić information content (AvgIpc) is 2.53. The Labute approximate surface area is 155 Å². The smallest absolute Gasteiger partial charge is 0.335 e. The molecule has 26 heavy (non-hydrogen) atoms. The molecule has 0 bridgehead atoms. The number of nitrogens with zero attached hydrogens (tertiary/aromatic N) is 3. The molecular formula is C15H14ClN5O4S. The third-order valence-electron chi connectivity index (χ3n) is 2.86. The molecule has 0 atom stereocenters. The SMILES string of the molecule is CC#Cc1cccc(Cl)c1S(=O)(=O)NC(=O)Nc1nc(C)nc(OC)n1. The van der Waals surface area contributed by atoms with Crippen molar-refractivity contribution in [1.29, 1.82) is 0 Å². The van der Waals surface area contributed by atoms with Crippen molar-refractivity contribution in [3.8, 4) is 17.9 Å². The maximum Gasteiger partial charge on any atom is 0.335 e. The van der Waals surface area contributed by atoms with E-state index in [1.54, 1.807) is 19.9 Å². The molecule has 0 aliphatic heterocycles. The molecule has 0 radical (unpaired) electrons. The second kappa shape index (κ2) is 7.99. The number of hydrogen-bond donors (Lipinski definition) is 2. The monoisotopic (exact) mass is 395 g/mol. The van der Waals surface area contributed by atoms with Gasteiger partial charge in [0.2, 0.25) is 5.95 Å². The molecule has 2 N–H and O–H groups in total. The van der Waals surface area contributed by atoms with Gasteiger partial charge in [0.05, 0.1) is 12.1 Å². The van der Waals surface area contributed by atoms with Gasteiger partial charge in [-0.25, -0.2) is 17.9 Å². The summed E-state index contributed by atoms with van der Waals surface area (Å²) in [5.74, 6) is 5.34. The van der Waals surface area contributed by atoms with E-state index in [0.717, 1.165) is 0 Å². The summed E-state index contributed by atoms with van der Waals surface area (Å²) < 4.78 is 31.8. The summed E-state index contributed by atoms with van der Waals surface area (Å²) in [5, 5.41) is 2.14. The molecule has 11 heteroatoms. The van der Waals surface area contributed by atoms with Crippen molar-refractivity contribution in [3.63, 3.8) is 0 Å². The minimum Gasteiger partial charge on any atom is -0.467 e. The molecule has 0 aliphatic carbocycles. The zero-order valence-corrected chi connectivity index (χ0v) is 15.6. The number of hydrogen-bond acceptors (Lipinski definition) is 7. The Balaban J connectivity index is 2.29. The highest BCUT2D eigenvalue weighted by atomic mass is 35.5. The van der Waals surface area contributed by atoms with Crippen LogP contribution < -0.4 is 14.8 Å². The van der Waals surface area contributed by atoms with Crippen LogP contribution in [0.3, 0.4) is 0 Å².